The maximum atomic E-state index is 13.1. The van der Waals surface area contributed by atoms with E-state index in [0.29, 0.717) is 43.9 Å². The van der Waals surface area contributed by atoms with E-state index in [9.17, 15) is 14.7 Å². The summed E-state index contributed by atoms with van der Waals surface area (Å²) in [5.74, 6) is -2.94. The van der Waals surface area contributed by atoms with Crippen molar-refractivity contribution in [3.63, 3.8) is 0 Å². The molecule has 3 aromatic rings. The van der Waals surface area contributed by atoms with Crippen molar-refractivity contribution in [1.29, 1.82) is 0 Å². The number of carbonyl (C=O) groups is 2. The largest absolute Gasteiger partial charge is 0.481 e. The van der Waals surface area contributed by atoms with E-state index >= 15 is 0 Å². The number of hydrogen-bond donors (Lipinski definition) is 4. The Kier molecular flexibility index (Phi) is 7.09. The molecule has 0 radical (unpaired) electrons. The summed E-state index contributed by atoms with van der Waals surface area (Å²) < 4.78 is 0.953. The van der Waals surface area contributed by atoms with Crippen LogP contribution >= 0.6 is 11.3 Å². The maximum Gasteiger partial charge on any atom is 0.318 e. The summed E-state index contributed by atoms with van der Waals surface area (Å²) in [4.78, 5) is 46.0. The van der Waals surface area contributed by atoms with E-state index in [0.717, 1.165) is 15.8 Å². The summed E-state index contributed by atoms with van der Waals surface area (Å²) in [6.07, 6.45) is 11.0. The molecule has 3 atom stereocenters. The third-order valence-electron chi connectivity index (χ3n) is 7.43. The van der Waals surface area contributed by atoms with Crippen LogP contribution in [0.15, 0.2) is 53.5 Å². The van der Waals surface area contributed by atoms with E-state index in [4.69, 9.17) is 4.99 Å². The normalized spacial score (nSPS) is 24.9. The van der Waals surface area contributed by atoms with Crippen LogP contribution in [0.2, 0.25) is 0 Å². The minimum Gasteiger partial charge on any atom is -0.481 e. The highest BCUT2D eigenvalue weighted by Crippen LogP contribution is 2.48. The van der Waals surface area contributed by atoms with Crippen molar-refractivity contribution in [2.75, 3.05) is 24.5 Å². The van der Waals surface area contributed by atoms with Crippen LogP contribution in [0.3, 0.4) is 0 Å². The number of nitrogens with zero attached hydrogens (tertiary/aromatic N) is 5. The molecule has 38 heavy (non-hydrogen) atoms. The van der Waals surface area contributed by atoms with Gasteiger partial charge in [0.15, 0.2) is 0 Å². The van der Waals surface area contributed by atoms with Crippen molar-refractivity contribution >= 4 is 45.5 Å². The second-order valence-corrected chi connectivity index (χ2v) is 10.2. The quantitative estimate of drug-likeness (QED) is 0.362. The van der Waals surface area contributed by atoms with Gasteiger partial charge in [-0.25, -0.2) is 14.8 Å². The van der Waals surface area contributed by atoms with Gasteiger partial charge in [0.2, 0.25) is 5.79 Å². The van der Waals surface area contributed by atoms with Crippen LogP contribution in [-0.2, 0) is 4.79 Å². The summed E-state index contributed by atoms with van der Waals surface area (Å²) in [6.45, 7) is 5.03. The van der Waals surface area contributed by atoms with Crippen molar-refractivity contribution < 1.29 is 14.7 Å². The Morgan fingerprint density at radius 1 is 1.26 bits per heavy atom. The van der Waals surface area contributed by atoms with E-state index < -0.39 is 29.1 Å². The Bertz CT molecular complexity index is 1390. The number of carbonyl (C=O) groups excluding carboxylic acids is 1. The topological polar surface area (TPSA) is 145 Å². The maximum absolute atomic E-state index is 13.1. The summed E-state index contributed by atoms with van der Waals surface area (Å²) in [5.41, 5.74) is 3.62. The molecule has 5 rings (SSSR count). The Balaban J connectivity index is 1.72. The standard InChI is InChI=1S/C26H30N8O3S/c1-3-25(23(35)36)6-8-27-15-21(25)26(33-24(37)29-4-2)32-7-5-11-34(26)17-12-18(20-14-28-9-10-30-20)22-19(13-17)31-16-38-22/h5,7,9-14,16,21,27H,3-4,6,8,15H2,1-2H3,(H,35,36)(H2,29,33,37). The number of piperidine rings is 1. The molecule has 1 aromatic carbocycles. The molecule has 1 saturated heterocycles. The lowest BCUT2D eigenvalue weighted by Crippen LogP contribution is -2.71. The van der Waals surface area contributed by atoms with Gasteiger partial charge in [0.05, 0.1) is 39.0 Å². The van der Waals surface area contributed by atoms with E-state index in [2.05, 4.69) is 30.9 Å². The number of hydrogen-bond acceptors (Lipinski definition) is 9. The number of benzene rings is 1. The molecule has 2 aromatic heterocycles. The van der Waals surface area contributed by atoms with Gasteiger partial charge in [-0.15, -0.1) is 11.3 Å². The summed E-state index contributed by atoms with van der Waals surface area (Å²) in [7, 11) is 0. The summed E-state index contributed by atoms with van der Waals surface area (Å²) in [6, 6.07) is 3.46. The van der Waals surface area contributed by atoms with Gasteiger partial charge in [-0.1, -0.05) is 6.92 Å². The van der Waals surface area contributed by atoms with Crippen molar-refractivity contribution in [1.82, 2.24) is 30.9 Å². The molecule has 0 aliphatic carbocycles. The number of aliphatic imine (C=N–C) groups is 1. The van der Waals surface area contributed by atoms with Crippen molar-refractivity contribution in [2.24, 2.45) is 16.3 Å². The van der Waals surface area contributed by atoms with Gasteiger partial charge >= 0.3 is 12.0 Å². The third kappa shape index (κ3) is 4.29. The Morgan fingerprint density at radius 2 is 2.13 bits per heavy atom. The highest BCUT2D eigenvalue weighted by Gasteiger charge is 2.59. The van der Waals surface area contributed by atoms with Gasteiger partial charge in [-0.05, 0) is 44.5 Å². The zero-order valence-electron chi connectivity index (χ0n) is 21.2. The Morgan fingerprint density at radius 3 is 2.87 bits per heavy atom. The van der Waals surface area contributed by atoms with Gasteiger partial charge in [0.1, 0.15) is 0 Å². The lowest BCUT2D eigenvalue weighted by atomic mass is 9.65. The molecule has 4 heterocycles. The fourth-order valence-corrected chi connectivity index (χ4v) is 6.35. The second kappa shape index (κ2) is 10.5. The average molecular weight is 535 g/mol. The molecule has 198 valence electrons. The Labute approximate surface area is 224 Å². The van der Waals surface area contributed by atoms with Gasteiger partial charge in [0, 0.05) is 49.1 Å². The summed E-state index contributed by atoms with van der Waals surface area (Å²) >= 11 is 1.50. The number of amides is 2. The number of thiazole rings is 1. The van der Waals surface area contributed by atoms with Crippen molar-refractivity contribution in [3.05, 3.63) is 48.5 Å². The zero-order valence-corrected chi connectivity index (χ0v) is 22.0. The minimum absolute atomic E-state index is 0.351. The molecule has 3 unspecified atom stereocenters. The highest BCUT2D eigenvalue weighted by atomic mass is 32.1. The van der Waals surface area contributed by atoms with Gasteiger partial charge < -0.3 is 20.6 Å². The number of fused-ring (bicyclic) bond motifs is 1. The van der Waals surface area contributed by atoms with Crippen LogP contribution in [0.1, 0.15) is 26.7 Å². The molecule has 11 nitrogen and oxygen atoms in total. The van der Waals surface area contributed by atoms with E-state index in [1.54, 1.807) is 36.4 Å². The first-order valence-corrected chi connectivity index (χ1v) is 13.5. The number of aromatic nitrogens is 3. The predicted molar refractivity (Wildman–Crippen MR) is 147 cm³/mol. The molecule has 2 amide bonds. The lowest BCUT2D eigenvalue weighted by molar-refractivity contribution is -0.158. The molecule has 12 heteroatoms. The van der Waals surface area contributed by atoms with Gasteiger partial charge in [-0.2, -0.15) is 0 Å². The van der Waals surface area contributed by atoms with Crippen molar-refractivity contribution in [2.45, 2.75) is 32.5 Å². The number of rotatable bonds is 7. The minimum atomic E-state index is -1.43. The predicted octanol–water partition coefficient (Wildman–Crippen LogP) is 3.22. The van der Waals surface area contributed by atoms with Crippen molar-refractivity contribution in [3.8, 4) is 11.3 Å². The molecular weight excluding hydrogens is 504 g/mol. The van der Waals surface area contributed by atoms with Gasteiger partial charge in [-0.3, -0.25) is 20.1 Å². The SMILES string of the molecule is CCNC(=O)NC1(C2CNCCC2(CC)C(=O)O)N=CC=CN1c1cc(-c2cnccn2)c2scnc2c1. The summed E-state index contributed by atoms with van der Waals surface area (Å²) in [5, 5.41) is 19.8. The Hall–Kier alpha value is -3.90. The number of nitrogens with one attached hydrogen (secondary N) is 3. The lowest BCUT2D eigenvalue weighted by Gasteiger charge is -2.53. The molecule has 0 spiro atoms. The van der Waals surface area contributed by atoms with Crippen LogP contribution in [0, 0.1) is 11.3 Å². The second-order valence-electron chi connectivity index (χ2n) is 9.31. The van der Waals surface area contributed by atoms with Crippen LogP contribution in [0.4, 0.5) is 10.5 Å². The molecule has 0 bridgehead atoms. The zero-order chi connectivity index (χ0) is 26.8. The average Bonchev–Trinajstić information content (AvgIpc) is 3.42. The first kappa shape index (κ1) is 25.7. The first-order chi connectivity index (χ1) is 18.4. The fourth-order valence-electron chi connectivity index (χ4n) is 5.56. The fraction of sp³-hybridized carbons (Fsp3) is 0.385. The monoisotopic (exact) mass is 534 g/mol. The van der Waals surface area contributed by atoms with E-state index in [1.807, 2.05) is 37.1 Å². The van der Waals surface area contributed by atoms with Crippen LogP contribution in [0.25, 0.3) is 21.5 Å². The highest BCUT2D eigenvalue weighted by molar-refractivity contribution is 7.17. The first-order valence-electron chi connectivity index (χ1n) is 12.6. The number of carboxylic acids is 1. The van der Waals surface area contributed by atoms with Gasteiger partial charge in [0.25, 0.3) is 0 Å². The van der Waals surface area contributed by atoms with Crippen LogP contribution in [-0.4, -0.2) is 63.7 Å². The van der Waals surface area contributed by atoms with E-state index in [1.165, 1.54) is 11.3 Å². The van der Waals surface area contributed by atoms with E-state index in [-0.39, 0.29) is 0 Å². The smallest absolute Gasteiger partial charge is 0.318 e. The molecule has 4 N–H and O–H groups in total. The number of aliphatic carboxylic acids is 1. The third-order valence-corrected chi connectivity index (χ3v) is 8.31. The number of carboxylic acid groups (broad SMARTS) is 1. The number of allylic oxidation sites excluding steroid dienone is 1. The molecule has 1 fully saturated rings. The van der Waals surface area contributed by atoms with Crippen LogP contribution < -0.4 is 20.9 Å². The number of urea groups is 1. The molecule has 2 aliphatic heterocycles. The number of anilines is 1. The molecular formula is C26H30N8O3S. The molecule has 2 aliphatic rings. The van der Waals surface area contributed by atoms with Crippen LogP contribution in [0.5, 0.6) is 0 Å². The molecule has 0 saturated carbocycles.